The fraction of sp³-hybridized carbons (Fsp3) is 0.462. The lowest BCUT2D eigenvalue weighted by molar-refractivity contribution is 0.0746. The fourth-order valence-electron chi connectivity index (χ4n) is 1.34. The lowest BCUT2D eigenvalue weighted by Gasteiger charge is -2.09. The maximum absolute atomic E-state index is 11.7. The molecule has 0 saturated carbocycles. The number of nitrogens with two attached hydrogens (primary N) is 1. The summed E-state index contributed by atoms with van der Waals surface area (Å²) in [5, 5.41) is 2.78. The Kier molecular flexibility index (Phi) is 4.97. The molecule has 1 aromatic rings. The second-order valence-electron chi connectivity index (χ2n) is 4.25. The molecule has 17 heavy (non-hydrogen) atoms. The van der Waals surface area contributed by atoms with Crippen LogP contribution in [0, 0.1) is 6.92 Å². The van der Waals surface area contributed by atoms with E-state index in [0.29, 0.717) is 24.4 Å². The molecule has 0 atom stereocenters. The van der Waals surface area contributed by atoms with Crippen molar-refractivity contribution in [1.29, 1.82) is 0 Å². The monoisotopic (exact) mass is 236 g/mol. The molecular formula is C13H20N2O2. The van der Waals surface area contributed by atoms with Crippen LogP contribution in [0.2, 0.25) is 0 Å². The molecule has 0 unspecified atom stereocenters. The van der Waals surface area contributed by atoms with Crippen LogP contribution in [-0.2, 0) is 4.74 Å². The summed E-state index contributed by atoms with van der Waals surface area (Å²) < 4.78 is 5.33. The van der Waals surface area contributed by atoms with Crippen LogP contribution in [0.4, 0.5) is 5.69 Å². The molecule has 3 N–H and O–H groups in total. The van der Waals surface area contributed by atoms with Crippen LogP contribution in [-0.4, -0.2) is 25.2 Å². The molecule has 0 spiro atoms. The van der Waals surface area contributed by atoms with Gasteiger partial charge in [-0.05, 0) is 38.5 Å². The van der Waals surface area contributed by atoms with E-state index in [4.69, 9.17) is 10.5 Å². The number of carbonyl (C=O) groups is 1. The first kappa shape index (κ1) is 13.5. The maximum atomic E-state index is 11.7. The summed E-state index contributed by atoms with van der Waals surface area (Å²) in [7, 11) is 0. The highest BCUT2D eigenvalue weighted by Gasteiger charge is 2.06. The van der Waals surface area contributed by atoms with Crippen molar-refractivity contribution in [1.82, 2.24) is 5.32 Å². The Morgan fingerprint density at radius 2 is 2.18 bits per heavy atom. The number of hydrogen-bond acceptors (Lipinski definition) is 3. The highest BCUT2D eigenvalue weighted by Crippen LogP contribution is 2.12. The van der Waals surface area contributed by atoms with E-state index in [0.717, 1.165) is 5.56 Å². The molecule has 0 bridgehead atoms. The highest BCUT2D eigenvalue weighted by atomic mass is 16.5. The van der Waals surface area contributed by atoms with Gasteiger partial charge in [0.05, 0.1) is 12.7 Å². The normalized spacial score (nSPS) is 10.6. The van der Waals surface area contributed by atoms with Crippen molar-refractivity contribution in [2.75, 3.05) is 18.9 Å². The van der Waals surface area contributed by atoms with Gasteiger partial charge in [-0.3, -0.25) is 4.79 Å². The Bertz CT molecular complexity index is 389. The molecule has 1 aromatic carbocycles. The quantitative estimate of drug-likeness (QED) is 0.604. The van der Waals surface area contributed by atoms with E-state index in [9.17, 15) is 4.79 Å². The van der Waals surface area contributed by atoms with E-state index in [1.54, 1.807) is 12.1 Å². The van der Waals surface area contributed by atoms with E-state index >= 15 is 0 Å². The van der Waals surface area contributed by atoms with Gasteiger partial charge in [-0.15, -0.1) is 0 Å². The van der Waals surface area contributed by atoms with Gasteiger partial charge in [0.25, 0.3) is 5.91 Å². The molecule has 1 amide bonds. The van der Waals surface area contributed by atoms with Gasteiger partial charge in [0.2, 0.25) is 0 Å². The Balaban J connectivity index is 2.44. The standard InChI is InChI=1S/C13H20N2O2/c1-9(2)17-7-6-15-13(16)11-5-4-10(3)12(14)8-11/h4-5,8-9H,6-7,14H2,1-3H3,(H,15,16). The van der Waals surface area contributed by atoms with Crippen molar-refractivity contribution in [3.05, 3.63) is 29.3 Å². The number of benzene rings is 1. The third-order valence-electron chi connectivity index (χ3n) is 2.38. The summed E-state index contributed by atoms with van der Waals surface area (Å²) in [6, 6.07) is 5.30. The maximum Gasteiger partial charge on any atom is 0.251 e. The molecule has 4 heteroatoms. The van der Waals surface area contributed by atoms with Gasteiger partial charge in [0, 0.05) is 17.8 Å². The zero-order valence-electron chi connectivity index (χ0n) is 10.6. The van der Waals surface area contributed by atoms with Gasteiger partial charge in [-0.1, -0.05) is 6.07 Å². The van der Waals surface area contributed by atoms with Crippen molar-refractivity contribution < 1.29 is 9.53 Å². The van der Waals surface area contributed by atoms with Gasteiger partial charge in [-0.25, -0.2) is 0 Å². The number of nitrogen functional groups attached to an aromatic ring is 1. The molecule has 0 aliphatic carbocycles. The fourth-order valence-corrected chi connectivity index (χ4v) is 1.34. The molecule has 0 heterocycles. The average Bonchev–Trinajstić information content (AvgIpc) is 2.27. The highest BCUT2D eigenvalue weighted by molar-refractivity contribution is 5.95. The predicted molar refractivity (Wildman–Crippen MR) is 69.0 cm³/mol. The van der Waals surface area contributed by atoms with E-state index in [1.165, 1.54) is 0 Å². The predicted octanol–water partition coefficient (Wildman–Crippen LogP) is 1.73. The largest absolute Gasteiger partial charge is 0.398 e. The van der Waals surface area contributed by atoms with E-state index < -0.39 is 0 Å². The average molecular weight is 236 g/mol. The van der Waals surface area contributed by atoms with Crippen LogP contribution in [0.1, 0.15) is 29.8 Å². The number of nitrogens with one attached hydrogen (secondary N) is 1. The Morgan fingerprint density at radius 1 is 1.47 bits per heavy atom. The summed E-state index contributed by atoms with van der Waals surface area (Å²) in [5.74, 6) is -0.121. The van der Waals surface area contributed by atoms with Crippen molar-refractivity contribution >= 4 is 11.6 Å². The van der Waals surface area contributed by atoms with Crippen LogP contribution < -0.4 is 11.1 Å². The first-order chi connectivity index (χ1) is 8.00. The molecule has 0 saturated heterocycles. The Morgan fingerprint density at radius 3 is 2.76 bits per heavy atom. The smallest absolute Gasteiger partial charge is 0.251 e. The lowest BCUT2D eigenvalue weighted by atomic mass is 10.1. The third-order valence-corrected chi connectivity index (χ3v) is 2.38. The molecule has 4 nitrogen and oxygen atoms in total. The van der Waals surface area contributed by atoms with Gasteiger partial charge in [0.1, 0.15) is 0 Å². The van der Waals surface area contributed by atoms with Crippen LogP contribution in [0.25, 0.3) is 0 Å². The van der Waals surface area contributed by atoms with Crippen molar-refractivity contribution in [2.24, 2.45) is 0 Å². The topological polar surface area (TPSA) is 64.3 Å². The molecule has 0 aromatic heterocycles. The molecule has 1 rings (SSSR count). The summed E-state index contributed by atoms with van der Waals surface area (Å²) in [6.07, 6.45) is 0.182. The first-order valence-corrected chi connectivity index (χ1v) is 5.76. The second-order valence-corrected chi connectivity index (χ2v) is 4.25. The molecule has 0 aliphatic heterocycles. The van der Waals surface area contributed by atoms with E-state index in [1.807, 2.05) is 26.8 Å². The summed E-state index contributed by atoms with van der Waals surface area (Å²) >= 11 is 0. The Hall–Kier alpha value is -1.55. The first-order valence-electron chi connectivity index (χ1n) is 5.76. The number of rotatable bonds is 5. The zero-order valence-corrected chi connectivity index (χ0v) is 10.6. The lowest BCUT2D eigenvalue weighted by Crippen LogP contribution is -2.28. The second kappa shape index (κ2) is 6.25. The van der Waals surface area contributed by atoms with Crippen LogP contribution in [0.3, 0.4) is 0 Å². The number of carbonyl (C=O) groups excluding carboxylic acids is 1. The number of amides is 1. The summed E-state index contributed by atoms with van der Waals surface area (Å²) in [6.45, 7) is 6.86. The summed E-state index contributed by atoms with van der Waals surface area (Å²) in [5.41, 5.74) is 7.94. The van der Waals surface area contributed by atoms with Crippen molar-refractivity contribution in [2.45, 2.75) is 26.9 Å². The molecule has 94 valence electrons. The minimum atomic E-state index is -0.121. The van der Waals surface area contributed by atoms with Crippen molar-refractivity contribution in [3.63, 3.8) is 0 Å². The SMILES string of the molecule is Cc1ccc(C(=O)NCCOC(C)C)cc1N. The van der Waals surface area contributed by atoms with Crippen LogP contribution in [0.5, 0.6) is 0 Å². The van der Waals surface area contributed by atoms with Gasteiger partial charge >= 0.3 is 0 Å². The minimum absolute atomic E-state index is 0.121. The summed E-state index contributed by atoms with van der Waals surface area (Å²) in [4.78, 5) is 11.7. The van der Waals surface area contributed by atoms with E-state index in [2.05, 4.69) is 5.32 Å². The van der Waals surface area contributed by atoms with Crippen LogP contribution in [0.15, 0.2) is 18.2 Å². The van der Waals surface area contributed by atoms with Gasteiger partial charge in [0.15, 0.2) is 0 Å². The molecular weight excluding hydrogens is 216 g/mol. The molecule has 0 aliphatic rings. The molecule has 0 radical (unpaired) electrons. The number of hydrogen-bond donors (Lipinski definition) is 2. The van der Waals surface area contributed by atoms with Gasteiger partial charge in [-0.2, -0.15) is 0 Å². The van der Waals surface area contributed by atoms with Gasteiger partial charge < -0.3 is 15.8 Å². The number of aryl methyl sites for hydroxylation is 1. The van der Waals surface area contributed by atoms with E-state index in [-0.39, 0.29) is 12.0 Å². The van der Waals surface area contributed by atoms with Crippen LogP contribution >= 0.6 is 0 Å². The van der Waals surface area contributed by atoms with Crippen molar-refractivity contribution in [3.8, 4) is 0 Å². The number of ether oxygens (including phenoxy) is 1. The zero-order chi connectivity index (χ0) is 12.8. The number of anilines is 1. The third kappa shape index (κ3) is 4.44. The Labute approximate surface area is 102 Å². The minimum Gasteiger partial charge on any atom is -0.398 e. The molecule has 0 fully saturated rings.